The quantitative estimate of drug-likeness (QED) is 0.599. The number of carbonyl (C=O) groups excluding carboxylic acids is 3. The summed E-state index contributed by atoms with van der Waals surface area (Å²) < 4.78 is 0.772. The van der Waals surface area contributed by atoms with E-state index < -0.39 is 17.5 Å². The highest BCUT2D eigenvalue weighted by molar-refractivity contribution is 9.10. The number of amides is 3. The smallest absolute Gasteiger partial charge is 0.319 e. The van der Waals surface area contributed by atoms with Crippen molar-refractivity contribution in [2.75, 3.05) is 6.54 Å². The predicted octanol–water partition coefficient (Wildman–Crippen LogP) is 3.59. The highest BCUT2D eigenvalue weighted by atomic mass is 79.9. The zero-order chi connectivity index (χ0) is 19.2. The van der Waals surface area contributed by atoms with Gasteiger partial charge in [0.1, 0.15) is 5.54 Å². The first-order chi connectivity index (χ1) is 12.9. The van der Waals surface area contributed by atoms with E-state index in [0.717, 1.165) is 34.2 Å². The molecule has 2 aromatic rings. The molecule has 138 valence electrons. The highest BCUT2D eigenvalue weighted by Crippen LogP contribution is 2.32. The van der Waals surface area contributed by atoms with Gasteiger partial charge >= 0.3 is 6.03 Å². The molecule has 1 fully saturated rings. The second-order valence-electron chi connectivity index (χ2n) is 7.22. The lowest BCUT2D eigenvalue weighted by Crippen LogP contribution is -2.41. The number of benzene rings is 2. The summed E-state index contributed by atoms with van der Waals surface area (Å²) in [6.45, 7) is 1.43. The molecule has 1 N–H and O–H groups in total. The number of nitrogens with one attached hydrogen (secondary N) is 1. The molecule has 27 heavy (non-hydrogen) atoms. The van der Waals surface area contributed by atoms with Crippen LogP contribution in [0.4, 0.5) is 4.79 Å². The first-order valence-corrected chi connectivity index (χ1v) is 9.73. The first-order valence-electron chi connectivity index (χ1n) is 8.93. The van der Waals surface area contributed by atoms with Crippen LogP contribution in [0.15, 0.2) is 46.9 Å². The van der Waals surface area contributed by atoms with Crippen LogP contribution in [0.25, 0.3) is 0 Å². The Bertz CT molecular complexity index is 972. The van der Waals surface area contributed by atoms with E-state index in [9.17, 15) is 14.4 Å². The van der Waals surface area contributed by atoms with Crippen LogP contribution in [0, 0.1) is 0 Å². The number of ketones is 1. The van der Waals surface area contributed by atoms with Crippen molar-refractivity contribution in [1.82, 2.24) is 10.2 Å². The van der Waals surface area contributed by atoms with Crippen LogP contribution >= 0.6 is 15.9 Å². The Hall–Kier alpha value is -2.47. The number of aryl methyl sites for hydroxylation is 2. The van der Waals surface area contributed by atoms with Crippen molar-refractivity contribution >= 4 is 33.7 Å². The van der Waals surface area contributed by atoms with Gasteiger partial charge in [0, 0.05) is 10.0 Å². The average Bonchev–Trinajstić information content (AvgIpc) is 3.20. The van der Waals surface area contributed by atoms with Gasteiger partial charge in [0.15, 0.2) is 5.78 Å². The van der Waals surface area contributed by atoms with Gasteiger partial charge in [-0.1, -0.05) is 46.3 Å². The van der Waals surface area contributed by atoms with E-state index >= 15 is 0 Å². The molecule has 0 saturated carbocycles. The summed E-state index contributed by atoms with van der Waals surface area (Å²) >= 11 is 3.33. The summed E-state index contributed by atoms with van der Waals surface area (Å²) in [5.41, 5.74) is 2.61. The fourth-order valence-electron chi connectivity index (χ4n) is 3.82. The van der Waals surface area contributed by atoms with E-state index in [1.54, 1.807) is 25.1 Å². The van der Waals surface area contributed by atoms with Crippen LogP contribution in [0.1, 0.15) is 40.4 Å². The number of halogens is 1. The van der Waals surface area contributed by atoms with E-state index in [0.29, 0.717) is 5.56 Å². The molecule has 0 aromatic heterocycles. The molecule has 1 aliphatic heterocycles. The lowest BCUT2D eigenvalue weighted by Gasteiger charge is -2.23. The lowest BCUT2D eigenvalue weighted by molar-refractivity contribution is -0.130. The van der Waals surface area contributed by atoms with Crippen molar-refractivity contribution in [3.8, 4) is 0 Å². The van der Waals surface area contributed by atoms with Gasteiger partial charge in [-0.25, -0.2) is 4.79 Å². The van der Waals surface area contributed by atoms with Gasteiger partial charge in [-0.2, -0.15) is 0 Å². The topological polar surface area (TPSA) is 66.5 Å². The Morgan fingerprint density at radius 3 is 2.70 bits per heavy atom. The normalized spacial score (nSPS) is 21.3. The zero-order valence-electron chi connectivity index (χ0n) is 14.9. The summed E-state index contributed by atoms with van der Waals surface area (Å²) in [6.07, 6.45) is 3.16. The Labute approximate surface area is 165 Å². The van der Waals surface area contributed by atoms with Crippen LogP contribution in [0.5, 0.6) is 0 Å². The minimum absolute atomic E-state index is 0.276. The Morgan fingerprint density at radius 2 is 1.93 bits per heavy atom. The van der Waals surface area contributed by atoms with Gasteiger partial charge in [0.25, 0.3) is 5.91 Å². The van der Waals surface area contributed by atoms with Gasteiger partial charge in [0.05, 0.1) is 6.54 Å². The summed E-state index contributed by atoms with van der Waals surface area (Å²) in [5, 5.41) is 2.78. The second kappa shape index (κ2) is 6.60. The molecular formula is C21H19BrN2O3. The maximum absolute atomic E-state index is 13.1. The Balaban J connectivity index is 1.59. The number of urea groups is 1. The third-order valence-corrected chi connectivity index (χ3v) is 5.89. The molecule has 3 amide bonds. The molecule has 1 atom stereocenters. The predicted molar refractivity (Wildman–Crippen MR) is 105 cm³/mol. The van der Waals surface area contributed by atoms with Gasteiger partial charge in [-0.15, -0.1) is 0 Å². The molecule has 0 bridgehead atoms. The Kier molecular flexibility index (Phi) is 4.38. The largest absolute Gasteiger partial charge is 0.325 e. The highest BCUT2D eigenvalue weighted by Gasteiger charge is 2.49. The van der Waals surface area contributed by atoms with Gasteiger partial charge < -0.3 is 5.32 Å². The molecule has 1 aliphatic carbocycles. The summed E-state index contributed by atoms with van der Waals surface area (Å²) in [5.74, 6) is -0.674. The van der Waals surface area contributed by atoms with E-state index in [1.807, 2.05) is 24.3 Å². The number of rotatable bonds is 4. The number of hydrogen-bond donors (Lipinski definition) is 1. The average molecular weight is 427 g/mol. The number of hydrogen-bond acceptors (Lipinski definition) is 3. The number of Topliss-reactive ketones (excluding diaryl/α,β-unsaturated/α-hetero) is 1. The molecule has 1 heterocycles. The van der Waals surface area contributed by atoms with Crippen LogP contribution in [0.3, 0.4) is 0 Å². The molecule has 0 unspecified atom stereocenters. The van der Waals surface area contributed by atoms with Crippen molar-refractivity contribution in [2.45, 2.75) is 31.7 Å². The van der Waals surface area contributed by atoms with Crippen molar-refractivity contribution in [1.29, 1.82) is 0 Å². The molecule has 0 radical (unpaired) electrons. The monoisotopic (exact) mass is 426 g/mol. The van der Waals surface area contributed by atoms with Crippen LogP contribution in [-0.2, 0) is 23.2 Å². The van der Waals surface area contributed by atoms with Crippen LogP contribution < -0.4 is 5.32 Å². The molecule has 0 spiro atoms. The van der Waals surface area contributed by atoms with Crippen molar-refractivity contribution in [2.24, 2.45) is 0 Å². The first kappa shape index (κ1) is 17.9. The third-order valence-electron chi connectivity index (χ3n) is 5.40. The summed E-state index contributed by atoms with van der Waals surface area (Å²) in [7, 11) is 0. The maximum atomic E-state index is 13.1. The van der Waals surface area contributed by atoms with Gasteiger partial charge in [-0.05, 0) is 55.0 Å². The van der Waals surface area contributed by atoms with Gasteiger partial charge in [-0.3, -0.25) is 14.5 Å². The minimum atomic E-state index is -1.15. The van der Waals surface area contributed by atoms with Crippen LogP contribution in [0.2, 0.25) is 0 Å². The Morgan fingerprint density at radius 1 is 1.15 bits per heavy atom. The number of nitrogens with zero attached hydrogens (tertiary/aromatic N) is 1. The van der Waals surface area contributed by atoms with Crippen molar-refractivity contribution in [3.63, 3.8) is 0 Å². The molecule has 2 aliphatic rings. The second-order valence-corrected chi connectivity index (χ2v) is 8.13. The van der Waals surface area contributed by atoms with E-state index in [1.165, 1.54) is 11.1 Å². The standard InChI is InChI=1S/C21H19BrN2O3/c1-21(16-9-8-13-4-2-5-14(13)10-16)19(26)24(20(27)23-21)12-18(25)15-6-3-7-17(22)11-15/h3,6-11H,2,4-5,12H2,1H3,(H,23,27)/t21-/m0/s1. The SMILES string of the molecule is C[C@@]1(c2ccc3c(c2)CCC3)NC(=O)N(CC(=O)c2cccc(Br)c2)C1=O. The maximum Gasteiger partial charge on any atom is 0.325 e. The van der Waals surface area contributed by atoms with Crippen molar-refractivity contribution < 1.29 is 14.4 Å². The molecule has 6 heteroatoms. The van der Waals surface area contributed by atoms with E-state index in [2.05, 4.69) is 21.2 Å². The van der Waals surface area contributed by atoms with Gasteiger partial charge in [0.2, 0.25) is 0 Å². The molecule has 4 rings (SSSR count). The van der Waals surface area contributed by atoms with Crippen LogP contribution in [-0.4, -0.2) is 29.2 Å². The van der Waals surface area contributed by atoms with E-state index in [4.69, 9.17) is 0 Å². The molecule has 5 nitrogen and oxygen atoms in total. The molecule has 2 aromatic carbocycles. The van der Waals surface area contributed by atoms with E-state index in [-0.39, 0.29) is 12.3 Å². The number of fused-ring (bicyclic) bond motifs is 1. The van der Waals surface area contributed by atoms with Crippen molar-refractivity contribution in [3.05, 3.63) is 69.2 Å². The summed E-state index contributed by atoms with van der Waals surface area (Å²) in [4.78, 5) is 39.1. The molecule has 1 saturated heterocycles. The lowest BCUT2D eigenvalue weighted by atomic mass is 9.89. The fourth-order valence-corrected chi connectivity index (χ4v) is 4.22. The summed E-state index contributed by atoms with van der Waals surface area (Å²) in [6, 6.07) is 12.3. The fraction of sp³-hybridized carbons (Fsp3) is 0.286. The number of carbonyl (C=O) groups is 3. The minimum Gasteiger partial charge on any atom is -0.319 e. The number of imide groups is 1. The molecular weight excluding hydrogens is 408 g/mol. The zero-order valence-corrected chi connectivity index (χ0v) is 16.5. The third kappa shape index (κ3) is 3.08.